The van der Waals surface area contributed by atoms with Gasteiger partial charge < -0.3 is 13.9 Å². The summed E-state index contributed by atoms with van der Waals surface area (Å²) in [4.78, 5) is 42.4. The Balaban J connectivity index is 1.41. The van der Waals surface area contributed by atoms with E-state index in [1.165, 1.54) is 96.3 Å². The molecule has 258 valence electrons. The highest BCUT2D eigenvalue weighted by atomic mass is 16.5. The Labute approximate surface area is 281 Å². The molecule has 0 saturated heterocycles. The van der Waals surface area contributed by atoms with Crippen molar-refractivity contribution in [3.63, 3.8) is 0 Å². The van der Waals surface area contributed by atoms with Crippen molar-refractivity contribution in [3.8, 4) is 11.5 Å². The summed E-state index contributed by atoms with van der Waals surface area (Å²) >= 11 is 0. The van der Waals surface area contributed by atoms with Crippen LogP contribution < -0.4 is 5.63 Å². The summed E-state index contributed by atoms with van der Waals surface area (Å²) in [6, 6.07) is 11.3. The van der Waals surface area contributed by atoms with Crippen molar-refractivity contribution in [1.29, 1.82) is 0 Å². The normalized spacial score (nSPS) is 11.2. The molecule has 47 heavy (non-hydrogen) atoms. The predicted molar refractivity (Wildman–Crippen MR) is 190 cm³/mol. The average Bonchev–Trinajstić information content (AvgIpc) is 3.09. The third-order valence-corrected chi connectivity index (χ3v) is 8.69. The van der Waals surface area contributed by atoms with Crippen LogP contribution in [0.25, 0.3) is 22.4 Å². The number of carbonyl (C=O) groups is 2. The van der Waals surface area contributed by atoms with E-state index in [9.17, 15) is 14.4 Å². The number of unbranched alkanes of at least 4 members (excludes halogenated alkanes) is 18. The lowest BCUT2D eigenvalue weighted by molar-refractivity contribution is 0.0488. The first-order valence-corrected chi connectivity index (χ1v) is 18.4. The molecular formula is C40H57NO6. The van der Waals surface area contributed by atoms with Crippen LogP contribution in [0.2, 0.25) is 0 Å². The molecule has 7 heteroatoms. The fraction of sp³-hybridized carbons (Fsp3) is 0.600. The third-order valence-electron chi connectivity index (χ3n) is 8.69. The van der Waals surface area contributed by atoms with Gasteiger partial charge in [-0.3, -0.25) is 0 Å². The van der Waals surface area contributed by atoms with Crippen LogP contribution in [0.15, 0.2) is 51.7 Å². The van der Waals surface area contributed by atoms with Gasteiger partial charge in [0, 0.05) is 5.56 Å². The molecule has 0 amide bonds. The van der Waals surface area contributed by atoms with Crippen LogP contribution in [0.5, 0.6) is 0 Å². The van der Waals surface area contributed by atoms with Crippen LogP contribution in [0, 0.1) is 0 Å². The highest BCUT2D eigenvalue weighted by Gasteiger charge is 2.14. The number of fused-ring (bicyclic) bond motifs is 1. The Morgan fingerprint density at radius 1 is 0.574 bits per heavy atom. The molecule has 3 rings (SSSR count). The van der Waals surface area contributed by atoms with Gasteiger partial charge in [-0.05, 0) is 55.3 Å². The molecule has 0 saturated carbocycles. The first kappa shape index (κ1) is 38.0. The van der Waals surface area contributed by atoms with E-state index in [0.717, 1.165) is 32.1 Å². The lowest BCUT2D eigenvalue weighted by Crippen LogP contribution is -2.09. The molecule has 1 aromatic heterocycles. The Hall–Kier alpha value is -3.48. The first-order chi connectivity index (χ1) is 23.0. The van der Waals surface area contributed by atoms with Crippen molar-refractivity contribution < 1.29 is 23.5 Å². The second-order valence-corrected chi connectivity index (χ2v) is 12.8. The molecule has 0 unspecified atom stereocenters. The van der Waals surface area contributed by atoms with Gasteiger partial charge in [0.25, 0.3) is 0 Å². The molecule has 0 radical (unpaired) electrons. The molecule has 0 N–H and O–H groups in total. The molecule has 0 aliphatic carbocycles. The van der Waals surface area contributed by atoms with E-state index in [4.69, 9.17) is 13.9 Å². The fourth-order valence-corrected chi connectivity index (χ4v) is 5.75. The fourth-order valence-electron chi connectivity index (χ4n) is 5.75. The number of benzene rings is 2. The molecule has 7 nitrogen and oxygen atoms in total. The predicted octanol–water partition coefficient (Wildman–Crippen LogP) is 11.0. The van der Waals surface area contributed by atoms with Crippen LogP contribution in [-0.2, 0) is 9.47 Å². The molecule has 0 aliphatic rings. The molecule has 1 heterocycles. The summed E-state index contributed by atoms with van der Waals surface area (Å²) in [6.45, 7) is 5.25. The Morgan fingerprint density at radius 2 is 1.00 bits per heavy atom. The second-order valence-electron chi connectivity index (χ2n) is 12.8. The van der Waals surface area contributed by atoms with Gasteiger partial charge in [0.2, 0.25) is 5.89 Å². The monoisotopic (exact) mass is 647 g/mol. The number of carbonyl (C=O) groups excluding carboxylic acids is 2. The highest BCUT2D eigenvalue weighted by molar-refractivity contribution is 5.94. The molecule has 0 bridgehead atoms. The largest absolute Gasteiger partial charge is 0.462 e. The summed E-state index contributed by atoms with van der Waals surface area (Å²) in [5.74, 6) is -0.690. The quantitative estimate of drug-likeness (QED) is 0.0667. The highest BCUT2D eigenvalue weighted by Crippen LogP contribution is 2.21. The van der Waals surface area contributed by atoms with Crippen molar-refractivity contribution in [1.82, 2.24) is 4.98 Å². The minimum Gasteiger partial charge on any atom is -0.462 e. The number of nitrogens with zero attached hydrogens (tertiary/aromatic N) is 1. The van der Waals surface area contributed by atoms with Crippen LogP contribution in [0.3, 0.4) is 0 Å². The van der Waals surface area contributed by atoms with Crippen molar-refractivity contribution in [2.75, 3.05) is 13.2 Å². The van der Waals surface area contributed by atoms with E-state index < -0.39 is 11.6 Å². The molecule has 2 aromatic carbocycles. The zero-order chi connectivity index (χ0) is 33.5. The lowest BCUT2D eigenvalue weighted by Gasteiger charge is -2.07. The molecule has 0 aliphatic heterocycles. The second kappa shape index (κ2) is 22.9. The Morgan fingerprint density at radius 3 is 1.49 bits per heavy atom. The van der Waals surface area contributed by atoms with Gasteiger partial charge in [0.05, 0.1) is 35.2 Å². The summed E-state index contributed by atoms with van der Waals surface area (Å²) in [5, 5.41) is 0.284. The summed E-state index contributed by atoms with van der Waals surface area (Å²) in [6.07, 6.45) is 24.4. The van der Waals surface area contributed by atoms with Crippen LogP contribution in [0.1, 0.15) is 163 Å². The van der Waals surface area contributed by atoms with Crippen molar-refractivity contribution in [2.24, 2.45) is 0 Å². The van der Waals surface area contributed by atoms with Gasteiger partial charge in [0.15, 0.2) is 0 Å². The van der Waals surface area contributed by atoms with Crippen molar-refractivity contribution in [2.45, 2.75) is 142 Å². The zero-order valence-electron chi connectivity index (χ0n) is 29.0. The smallest absolute Gasteiger partial charge is 0.347 e. The third kappa shape index (κ3) is 14.4. The van der Waals surface area contributed by atoms with Crippen molar-refractivity contribution >= 4 is 22.8 Å². The van der Waals surface area contributed by atoms with Crippen LogP contribution in [-0.4, -0.2) is 30.1 Å². The number of esters is 2. The van der Waals surface area contributed by atoms with E-state index in [1.807, 2.05) is 0 Å². The maximum Gasteiger partial charge on any atom is 0.347 e. The molecule has 0 fully saturated rings. The molecular weight excluding hydrogens is 590 g/mol. The van der Waals surface area contributed by atoms with E-state index in [0.29, 0.717) is 35.4 Å². The summed E-state index contributed by atoms with van der Waals surface area (Å²) in [7, 11) is 0. The van der Waals surface area contributed by atoms with E-state index in [-0.39, 0.29) is 17.2 Å². The minimum atomic E-state index is -0.546. The number of rotatable bonds is 25. The van der Waals surface area contributed by atoms with Crippen molar-refractivity contribution in [3.05, 3.63) is 64.0 Å². The van der Waals surface area contributed by atoms with Gasteiger partial charge in [-0.2, -0.15) is 0 Å². The van der Waals surface area contributed by atoms with Gasteiger partial charge in [-0.15, -0.1) is 0 Å². The zero-order valence-corrected chi connectivity index (χ0v) is 29.0. The Kier molecular flexibility index (Phi) is 18.5. The molecule has 0 atom stereocenters. The number of hydrogen-bond donors (Lipinski definition) is 0. The molecule has 3 aromatic rings. The van der Waals surface area contributed by atoms with E-state index in [2.05, 4.69) is 18.8 Å². The number of hydrogen-bond acceptors (Lipinski definition) is 7. The molecule has 0 spiro atoms. The first-order valence-electron chi connectivity index (χ1n) is 18.4. The van der Waals surface area contributed by atoms with Gasteiger partial charge >= 0.3 is 17.6 Å². The standard InChI is InChI=1S/C40H57NO6/c1-3-5-7-9-11-13-15-17-19-21-29-45-38(42)33-25-23-32(24-26-33)37-41-36-31-34(27-28-35(36)40(44)47-37)39(43)46-30-22-20-18-16-14-12-10-8-6-4-2/h23-28,31H,3-22,29-30H2,1-2H3. The van der Waals surface area contributed by atoms with Crippen LogP contribution >= 0.6 is 0 Å². The number of aromatic nitrogens is 1. The maximum atomic E-state index is 12.7. The minimum absolute atomic E-state index is 0.115. The topological polar surface area (TPSA) is 95.7 Å². The van der Waals surface area contributed by atoms with E-state index in [1.54, 1.807) is 42.5 Å². The maximum absolute atomic E-state index is 12.7. The van der Waals surface area contributed by atoms with Gasteiger partial charge in [-0.1, -0.05) is 129 Å². The lowest BCUT2D eigenvalue weighted by atomic mass is 10.1. The van der Waals surface area contributed by atoms with Gasteiger partial charge in [0.1, 0.15) is 0 Å². The average molecular weight is 648 g/mol. The summed E-state index contributed by atoms with van der Waals surface area (Å²) < 4.78 is 16.4. The number of ether oxygens (including phenoxy) is 2. The Bertz CT molecular complexity index is 1380. The SMILES string of the molecule is CCCCCCCCCCCCOC(=O)c1ccc(-c2nc3cc(C(=O)OCCCCCCCCCCCC)ccc3c(=O)o2)cc1. The van der Waals surface area contributed by atoms with Crippen LogP contribution in [0.4, 0.5) is 0 Å². The summed E-state index contributed by atoms with van der Waals surface area (Å²) in [5.41, 5.74) is 1.12. The van der Waals surface area contributed by atoms with E-state index >= 15 is 0 Å². The van der Waals surface area contributed by atoms with Gasteiger partial charge in [-0.25, -0.2) is 19.4 Å².